The monoisotopic (exact) mass is 267 g/mol. The smallest absolute Gasteiger partial charge is 0.293 e. The lowest BCUT2D eigenvalue weighted by Gasteiger charge is -2.12. The molecule has 0 bridgehead atoms. The first-order valence-corrected chi connectivity index (χ1v) is 5.78. The summed E-state index contributed by atoms with van der Waals surface area (Å²) in [6.07, 6.45) is -3.29. The van der Waals surface area contributed by atoms with Gasteiger partial charge in [0.1, 0.15) is 0 Å². The van der Waals surface area contributed by atoms with E-state index in [1.807, 2.05) is 0 Å². The minimum absolute atomic E-state index is 0.0230. The quantitative estimate of drug-likeness (QED) is 0.765. The van der Waals surface area contributed by atoms with E-state index in [1.165, 1.54) is 0 Å². The predicted molar refractivity (Wildman–Crippen MR) is 62.1 cm³/mol. The minimum atomic E-state index is -3.00. The molecule has 0 saturated carbocycles. The number of carbonyl (C=O) groups excluding carboxylic acids is 3. The third-order valence-corrected chi connectivity index (χ3v) is 2.93. The van der Waals surface area contributed by atoms with E-state index in [0.29, 0.717) is 11.1 Å². The van der Waals surface area contributed by atoms with E-state index < -0.39 is 24.0 Å². The Balaban J connectivity index is 1.99. The molecule has 0 spiro atoms. The highest BCUT2D eigenvalue weighted by molar-refractivity contribution is 6.21. The Hall–Kier alpha value is -2.11. The van der Waals surface area contributed by atoms with Gasteiger partial charge in [-0.2, -0.15) is 0 Å². The van der Waals surface area contributed by atoms with E-state index >= 15 is 0 Å². The van der Waals surface area contributed by atoms with E-state index in [1.54, 1.807) is 24.3 Å². The number of alkyl halides is 2. The van der Waals surface area contributed by atoms with E-state index in [-0.39, 0.29) is 19.4 Å². The van der Waals surface area contributed by atoms with Crippen molar-refractivity contribution in [1.82, 2.24) is 4.90 Å². The first-order chi connectivity index (χ1) is 9.02. The zero-order valence-corrected chi connectivity index (χ0v) is 9.94. The fourth-order valence-corrected chi connectivity index (χ4v) is 1.96. The molecule has 2 amide bonds. The second-order valence-corrected chi connectivity index (χ2v) is 4.18. The van der Waals surface area contributed by atoms with Gasteiger partial charge < -0.3 is 0 Å². The van der Waals surface area contributed by atoms with Gasteiger partial charge in [-0.3, -0.25) is 19.3 Å². The first-order valence-electron chi connectivity index (χ1n) is 5.78. The van der Waals surface area contributed by atoms with Gasteiger partial charge in [-0.05, 0) is 18.6 Å². The number of benzene rings is 1. The van der Waals surface area contributed by atoms with Gasteiger partial charge in [-0.1, -0.05) is 12.1 Å². The number of imide groups is 1. The molecule has 0 saturated heterocycles. The second kappa shape index (κ2) is 5.26. The lowest BCUT2D eigenvalue weighted by molar-refractivity contribution is -0.129. The zero-order chi connectivity index (χ0) is 14.0. The molecule has 4 nitrogen and oxygen atoms in total. The van der Waals surface area contributed by atoms with Crippen LogP contribution in [0, 0.1) is 0 Å². The molecule has 1 aliphatic rings. The van der Waals surface area contributed by atoms with E-state index in [2.05, 4.69) is 0 Å². The maximum Gasteiger partial charge on any atom is 0.295 e. The molecule has 100 valence electrons. The molecule has 0 radical (unpaired) electrons. The fraction of sp³-hybridized carbons (Fsp3) is 0.308. The van der Waals surface area contributed by atoms with Crippen LogP contribution in [0.3, 0.4) is 0 Å². The van der Waals surface area contributed by atoms with Crippen molar-refractivity contribution in [2.75, 3.05) is 6.54 Å². The topological polar surface area (TPSA) is 54.5 Å². The fourth-order valence-electron chi connectivity index (χ4n) is 1.96. The molecule has 0 N–H and O–H groups in total. The standard InChI is InChI=1S/C13H11F2NO3/c14-11(15)10(17)6-3-7-16-12(18)8-4-1-2-5-9(8)13(16)19/h1-2,4-5,11H,3,6-7H2. The molecule has 0 unspecified atom stereocenters. The average Bonchev–Trinajstić information content (AvgIpc) is 2.64. The third-order valence-electron chi connectivity index (χ3n) is 2.93. The summed E-state index contributed by atoms with van der Waals surface area (Å²) in [4.78, 5) is 35.5. The highest BCUT2D eigenvalue weighted by Crippen LogP contribution is 2.22. The van der Waals surface area contributed by atoms with Gasteiger partial charge in [0.15, 0.2) is 5.78 Å². The highest BCUT2D eigenvalue weighted by Gasteiger charge is 2.34. The van der Waals surface area contributed by atoms with Crippen LogP contribution in [0.25, 0.3) is 0 Å². The predicted octanol–water partition coefficient (Wildman–Crippen LogP) is 1.90. The number of hydrogen-bond acceptors (Lipinski definition) is 3. The number of ketones is 1. The van der Waals surface area contributed by atoms with Gasteiger partial charge in [0.2, 0.25) is 0 Å². The van der Waals surface area contributed by atoms with Crippen LogP contribution >= 0.6 is 0 Å². The minimum Gasteiger partial charge on any atom is -0.293 e. The zero-order valence-electron chi connectivity index (χ0n) is 9.94. The Morgan fingerprint density at radius 3 is 2.11 bits per heavy atom. The summed E-state index contributed by atoms with van der Waals surface area (Å²) in [6.45, 7) is -0.0230. The number of amides is 2. The summed E-state index contributed by atoms with van der Waals surface area (Å²) >= 11 is 0. The van der Waals surface area contributed by atoms with Gasteiger partial charge in [0, 0.05) is 13.0 Å². The molecule has 0 atom stereocenters. The van der Waals surface area contributed by atoms with Crippen LogP contribution in [0.1, 0.15) is 33.6 Å². The SMILES string of the molecule is O=C(CCCN1C(=O)c2ccccc2C1=O)C(F)F. The van der Waals surface area contributed by atoms with Crippen LogP contribution in [0.5, 0.6) is 0 Å². The number of Topliss-reactive ketones (excluding diaryl/α,β-unsaturated/α-hetero) is 1. The Labute approximate surface area is 108 Å². The Kier molecular flexibility index (Phi) is 3.69. The largest absolute Gasteiger partial charge is 0.295 e. The van der Waals surface area contributed by atoms with Gasteiger partial charge in [0.05, 0.1) is 11.1 Å². The van der Waals surface area contributed by atoms with Crippen molar-refractivity contribution in [2.45, 2.75) is 19.3 Å². The summed E-state index contributed by atoms with van der Waals surface area (Å²) in [5.41, 5.74) is 0.625. The highest BCUT2D eigenvalue weighted by atomic mass is 19.3. The van der Waals surface area contributed by atoms with Crippen molar-refractivity contribution in [1.29, 1.82) is 0 Å². The van der Waals surface area contributed by atoms with Gasteiger partial charge in [0.25, 0.3) is 18.2 Å². The average molecular weight is 267 g/mol. The molecule has 19 heavy (non-hydrogen) atoms. The van der Waals surface area contributed by atoms with Crippen LogP contribution in [-0.2, 0) is 4.79 Å². The van der Waals surface area contributed by atoms with Crippen LogP contribution in [0.15, 0.2) is 24.3 Å². The molecular weight excluding hydrogens is 256 g/mol. The van der Waals surface area contributed by atoms with Crippen molar-refractivity contribution in [3.63, 3.8) is 0 Å². The Morgan fingerprint density at radius 1 is 1.11 bits per heavy atom. The van der Waals surface area contributed by atoms with E-state index in [4.69, 9.17) is 0 Å². The number of rotatable bonds is 5. The molecule has 6 heteroatoms. The maximum atomic E-state index is 12.0. The molecule has 1 heterocycles. The van der Waals surface area contributed by atoms with Crippen LogP contribution in [0.4, 0.5) is 8.78 Å². The number of fused-ring (bicyclic) bond motifs is 1. The lowest BCUT2D eigenvalue weighted by atomic mass is 10.1. The van der Waals surface area contributed by atoms with Crippen molar-refractivity contribution in [2.24, 2.45) is 0 Å². The number of halogens is 2. The molecule has 1 aliphatic heterocycles. The van der Waals surface area contributed by atoms with Crippen molar-refractivity contribution < 1.29 is 23.2 Å². The van der Waals surface area contributed by atoms with Gasteiger partial charge >= 0.3 is 0 Å². The number of nitrogens with zero attached hydrogens (tertiary/aromatic N) is 1. The molecule has 1 aromatic carbocycles. The van der Waals surface area contributed by atoms with Crippen molar-refractivity contribution in [3.05, 3.63) is 35.4 Å². The molecule has 1 aromatic rings. The molecule has 0 aromatic heterocycles. The van der Waals surface area contributed by atoms with E-state index in [9.17, 15) is 23.2 Å². The van der Waals surface area contributed by atoms with Crippen molar-refractivity contribution in [3.8, 4) is 0 Å². The van der Waals surface area contributed by atoms with Crippen molar-refractivity contribution >= 4 is 17.6 Å². The summed E-state index contributed by atoms with van der Waals surface area (Å²) in [5.74, 6) is -2.05. The summed E-state index contributed by atoms with van der Waals surface area (Å²) < 4.78 is 24.0. The van der Waals surface area contributed by atoms with Gasteiger partial charge in [-0.15, -0.1) is 0 Å². The van der Waals surface area contributed by atoms with Crippen LogP contribution in [-0.4, -0.2) is 35.5 Å². The van der Waals surface area contributed by atoms with Gasteiger partial charge in [-0.25, -0.2) is 8.78 Å². The first kappa shape index (κ1) is 13.3. The third kappa shape index (κ3) is 2.52. The molecule has 0 fully saturated rings. The number of carbonyl (C=O) groups is 3. The van der Waals surface area contributed by atoms with Crippen LogP contribution < -0.4 is 0 Å². The Morgan fingerprint density at radius 2 is 1.63 bits per heavy atom. The molecule has 0 aliphatic carbocycles. The summed E-state index contributed by atoms with van der Waals surface area (Å²) in [5, 5.41) is 0. The summed E-state index contributed by atoms with van der Waals surface area (Å²) in [7, 11) is 0. The lowest BCUT2D eigenvalue weighted by Crippen LogP contribution is -2.31. The molecule has 2 rings (SSSR count). The Bertz CT molecular complexity index is 507. The normalized spacial score (nSPS) is 14.2. The van der Waals surface area contributed by atoms with E-state index in [0.717, 1.165) is 4.90 Å². The summed E-state index contributed by atoms with van der Waals surface area (Å²) in [6, 6.07) is 6.38. The molecular formula is C13H11F2NO3. The maximum absolute atomic E-state index is 12.0. The van der Waals surface area contributed by atoms with Crippen LogP contribution in [0.2, 0.25) is 0 Å². The number of hydrogen-bond donors (Lipinski definition) is 0. The second-order valence-electron chi connectivity index (χ2n) is 4.18.